The smallest absolute Gasteiger partial charge is 0.349 e. The van der Waals surface area contributed by atoms with Gasteiger partial charge in [-0.15, -0.1) is 11.3 Å². The van der Waals surface area contributed by atoms with Crippen LogP contribution in [0.3, 0.4) is 0 Å². The van der Waals surface area contributed by atoms with Crippen molar-refractivity contribution < 1.29 is 23.9 Å². The highest BCUT2D eigenvalue weighted by atomic mass is 32.1. The standard InChI is InChI=1S/C17H16N2O5S/c1-9(15(20)19-17(22)18-2)24-16(21)13-7-10-8-23-12-6-4-3-5-11(12)14(10)25-13/h3-7,9H,8H2,1-2H3,(H2,18,19,20,22)/t9-/m1/s1. The lowest BCUT2D eigenvalue weighted by Crippen LogP contribution is -2.43. The summed E-state index contributed by atoms with van der Waals surface area (Å²) >= 11 is 1.29. The number of carbonyl (C=O) groups excluding carboxylic acids is 3. The zero-order chi connectivity index (χ0) is 18.0. The third-order valence-electron chi connectivity index (χ3n) is 3.64. The Kier molecular flexibility index (Phi) is 4.71. The molecule has 25 heavy (non-hydrogen) atoms. The lowest BCUT2D eigenvalue weighted by Gasteiger charge is -2.16. The number of carbonyl (C=O) groups is 3. The van der Waals surface area contributed by atoms with Crippen molar-refractivity contribution in [2.24, 2.45) is 0 Å². The van der Waals surface area contributed by atoms with Gasteiger partial charge >= 0.3 is 12.0 Å². The molecule has 7 nitrogen and oxygen atoms in total. The van der Waals surface area contributed by atoms with Crippen LogP contribution in [0.5, 0.6) is 5.75 Å². The van der Waals surface area contributed by atoms with Crippen molar-refractivity contribution in [2.75, 3.05) is 7.05 Å². The summed E-state index contributed by atoms with van der Waals surface area (Å²) in [5, 5.41) is 4.32. The number of amides is 3. The maximum atomic E-state index is 12.3. The Bertz CT molecular complexity index is 845. The summed E-state index contributed by atoms with van der Waals surface area (Å²) in [5.41, 5.74) is 1.83. The summed E-state index contributed by atoms with van der Waals surface area (Å²) in [7, 11) is 1.38. The van der Waals surface area contributed by atoms with Gasteiger partial charge in [0.15, 0.2) is 6.10 Å². The predicted molar refractivity (Wildman–Crippen MR) is 91.6 cm³/mol. The number of thiophene rings is 1. The van der Waals surface area contributed by atoms with Crippen molar-refractivity contribution in [2.45, 2.75) is 19.6 Å². The van der Waals surface area contributed by atoms with Crippen LogP contribution in [-0.4, -0.2) is 31.1 Å². The molecule has 1 aliphatic rings. The van der Waals surface area contributed by atoms with Crippen LogP contribution in [0.1, 0.15) is 22.2 Å². The fourth-order valence-corrected chi connectivity index (χ4v) is 3.43. The average molecular weight is 360 g/mol. The molecule has 0 saturated carbocycles. The van der Waals surface area contributed by atoms with E-state index in [1.807, 2.05) is 24.3 Å². The summed E-state index contributed by atoms with van der Waals surface area (Å²) in [5.74, 6) is -0.533. The number of para-hydroxylation sites is 1. The van der Waals surface area contributed by atoms with Crippen molar-refractivity contribution in [3.8, 4) is 16.2 Å². The largest absolute Gasteiger partial charge is 0.488 e. The molecule has 1 atom stereocenters. The van der Waals surface area contributed by atoms with Crippen LogP contribution >= 0.6 is 11.3 Å². The normalized spacial score (nSPS) is 12.9. The number of benzene rings is 1. The highest BCUT2D eigenvalue weighted by Crippen LogP contribution is 2.42. The molecule has 2 aromatic rings. The molecule has 0 bridgehead atoms. The molecule has 130 valence electrons. The van der Waals surface area contributed by atoms with Crippen molar-refractivity contribution >= 4 is 29.2 Å². The van der Waals surface area contributed by atoms with E-state index in [1.165, 1.54) is 25.3 Å². The summed E-state index contributed by atoms with van der Waals surface area (Å²) in [6.45, 7) is 1.78. The van der Waals surface area contributed by atoms with Gasteiger partial charge in [-0.1, -0.05) is 12.1 Å². The van der Waals surface area contributed by atoms with E-state index in [1.54, 1.807) is 6.07 Å². The van der Waals surface area contributed by atoms with Crippen molar-refractivity contribution in [3.05, 3.63) is 40.8 Å². The molecule has 2 heterocycles. The minimum atomic E-state index is -1.09. The third-order valence-corrected chi connectivity index (χ3v) is 4.83. The molecule has 1 aromatic heterocycles. The molecule has 3 amide bonds. The Morgan fingerprint density at radius 2 is 2.04 bits per heavy atom. The zero-order valence-electron chi connectivity index (χ0n) is 13.6. The lowest BCUT2D eigenvalue weighted by atomic mass is 10.1. The first-order chi connectivity index (χ1) is 12.0. The van der Waals surface area contributed by atoms with Gasteiger partial charge in [0.05, 0.1) is 0 Å². The molecule has 0 unspecified atom stereocenters. The fourth-order valence-electron chi connectivity index (χ4n) is 2.35. The number of fused-ring (bicyclic) bond motifs is 3. The van der Waals surface area contributed by atoms with Crippen LogP contribution in [0.4, 0.5) is 4.79 Å². The minimum Gasteiger partial charge on any atom is -0.488 e. The SMILES string of the molecule is CNC(=O)NC(=O)[C@@H](C)OC(=O)c1cc2c(s1)-c1ccccc1OC2. The molecule has 0 spiro atoms. The van der Waals surface area contributed by atoms with Crippen molar-refractivity contribution in [1.82, 2.24) is 10.6 Å². The molecule has 0 aliphatic carbocycles. The average Bonchev–Trinajstić information content (AvgIpc) is 3.06. The molecular formula is C17H16N2O5S. The zero-order valence-corrected chi connectivity index (χ0v) is 14.4. The molecule has 0 saturated heterocycles. The second-order valence-corrected chi connectivity index (χ2v) is 6.42. The highest BCUT2D eigenvalue weighted by molar-refractivity contribution is 7.17. The lowest BCUT2D eigenvalue weighted by molar-refractivity contribution is -0.127. The van der Waals surface area contributed by atoms with Gasteiger partial charge in [0, 0.05) is 23.1 Å². The number of esters is 1. The van der Waals surface area contributed by atoms with Crippen LogP contribution < -0.4 is 15.4 Å². The number of rotatable bonds is 3. The molecule has 8 heteroatoms. The van der Waals surface area contributed by atoms with Gasteiger partial charge in [-0.05, 0) is 25.1 Å². The van der Waals surface area contributed by atoms with Gasteiger partial charge in [-0.2, -0.15) is 0 Å². The Hall–Kier alpha value is -2.87. The van der Waals surface area contributed by atoms with Crippen LogP contribution in [-0.2, 0) is 16.1 Å². The number of hydrogen-bond acceptors (Lipinski definition) is 6. The Morgan fingerprint density at radius 1 is 1.28 bits per heavy atom. The second-order valence-electron chi connectivity index (χ2n) is 5.37. The van der Waals surface area contributed by atoms with E-state index in [2.05, 4.69) is 10.6 Å². The van der Waals surface area contributed by atoms with Gasteiger partial charge in [-0.25, -0.2) is 9.59 Å². The second kappa shape index (κ2) is 6.94. The van der Waals surface area contributed by atoms with E-state index in [0.29, 0.717) is 11.5 Å². The highest BCUT2D eigenvalue weighted by Gasteiger charge is 2.25. The molecule has 3 rings (SSSR count). The van der Waals surface area contributed by atoms with E-state index in [0.717, 1.165) is 21.8 Å². The maximum Gasteiger partial charge on any atom is 0.349 e. The summed E-state index contributed by atoms with van der Waals surface area (Å²) in [6.07, 6.45) is -1.09. The first-order valence-electron chi connectivity index (χ1n) is 7.58. The third kappa shape index (κ3) is 3.48. The van der Waals surface area contributed by atoms with Crippen molar-refractivity contribution in [1.29, 1.82) is 0 Å². The van der Waals surface area contributed by atoms with Crippen LogP contribution in [0.2, 0.25) is 0 Å². The Balaban J connectivity index is 1.74. The first-order valence-corrected chi connectivity index (χ1v) is 8.39. The van der Waals surface area contributed by atoms with E-state index in [4.69, 9.17) is 9.47 Å². The molecule has 2 N–H and O–H groups in total. The number of urea groups is 1. The summed E-state index contributed by atoms with van der Waals surface area (Å²) < 4.78 is 10.8. The predicted octanol–water partition coefficient (Wildman–Crippen LogP) is 2.31. The minimum absolute atomic E-state index is 0.378. The van der Waals surface area contributed by atoms with Crippen LogP contribution in [0.15, 0.2) is 30.3 Å². The van der Waals surface area contributed by atoms with Crippen molar-refractivity contribution in [3.63, 3.8) is 0 Å². The van der Waals surface area contributed by atoms with Crippen LogP contribution in [0.25, 0.3) is 10.4 Å². The van der Waals surface area contributed by atoms with Gasteiger partial charge in [0.25, 0.3) is 5.91 Å². The molecule has 0 radical (unpaired) electrons. The van der Waals surface area contributed by atoms with E-state index < -0.39 is 24.0 Å². The maximum absolute atomic E-state index is 12.3. The number of ether oxygens (including phenoxy) is 2. The number of imide groups is 1. The van der Waals surface area contributed by atoms with E-state index >= 15 is 0 Å². The molecule has 1 aromatic carbocycles. The topological polar surface area (TPSA) is 93.7 Å². The molecule has 0 fully saturated rings. The summed E-state index contributed by atoms with van der Waals surface area (Å²) in [6, 6.07) is 8.65. The Morgan fingerprint density at radius 3 is 2.80 bits per heavy atom. The monoisotopic (exact) mass is 360 g/mol. The van der Waals surface area contributed by atoms with E-state index in [-0.39, 0.29) is 0 Å². The quantitative estimate of drug-likeness (QED) is 0.819. The fraction of sp³-hybridized carbons (Fsp3) is 0.235. The summed E-state index contributed by atoms with van der Waals surface area (Å²) in [4.78, 5) is 36.6. The van der Waals surface area contributed by atoms with E-state index in [9.17, 15) is 14.4 Å². The first kappa shape index (κ1) is 17.0. The number of nitrogens with one attached hydrogen (secondary N) is 2. The van der Waals surface area contributed by atoms with Gasteiger partial charge in [0.2, 0.25) is 0 Å². The Labute approximate surface area is 147 Å². The number of hydrogen-bond donors (Lipinski definition) is 2. The van der Waals surface area contributed by atoms with Gasteiger partial charge in [-0.3, -0.25) is 10.1 Å². The van der Waals surface area contributed by atoms with Gasteiger partial charge in [0.1, 0.15) is 17.2 Å². The van der Waals surface area contributed by atoms with Crippen LogP contribution in [0, 0.1) is 0 Å². The molecule has 1 aliphatic heterocycles. The molecular weight excluding hydrogens is 344 g/mol. The van der Waals surface area contributed by atoms with Gasteiger partial charge < -0.3 is 14.8 Å².